The van der Waals surface area contributed by atoms with Crippen LogP contribution in [0.1, 0.15) is 11.4 Å². The minimum atomic E-state index is -0.633. The summed E-state index contributed by atoms with van der Waals surface area (Å²) in [4.78, 5) is 30.8. The Morgan fingerprint density at radius 3 is 2.88 bits per heavy atom. The van der Waals surface area contributed by atoms with E-state index in [1.54, 1.807) is 12.1 Å². The molecule has 0 aliphatic heterocycles. The summed E-state index contributed by atoms with van der Waals surface area (Å²) in [5.74, 6) is -1.81. The van der Waals surface area contributed by atoms with Gasteiger partial charge in [0.1, 0.15) is 24.1 Å². The molecule has 0 aliphatic carbocycles. The number of thioether (sulfide) groups is 1. The number of H-pyrrole nitrogens is 1. The largest absolute Gasteiger partial charge is 0.457 e. The predicted molar refractivity (Wildman–Crippen MR) is 94.0 cm³/mol. The van der Waals surface area contributed by atoms with Gasteiger partial charge in [-0.25, -0.2) is 13.8 Å². The first kappa shape index (κ1) is 18.1. The van der Waals surface area contributed by atoms with Gasteiger partial charge in [-0.15, -0.1) is 11.8 Å². The van der Waals surface area contributed by atoms with Gasteiger partial charge in [-0.2, -0.15) is 0 Å². The number of aromatic amines is 1. The zero-order valence-electron chi connectivity index (χ0n) is 13.7. The molecule has 0 fully saturated rings. The highest BCUT2D eigenvalue weighted by Gasteiger charge is 2.11. The van der Waals surface area contributed by atoms with Crippen LogP contribution in [0.25, 0.3) is 10.9 Å². The molecule has 0 saturated carbocycles. The van der Waals surface area contributed by atoms with Gasteiger partial charge in [-0.1, -0.05) is 12.1 Å². The smallest absolute Gasteiger partial charge is 0.316 e. The maximum Gasteiger partial charge on any atom is 0.316 e. The molecule has 3 rings (SSSR count). The minimum absolute atomic E-state index is 0.0230. The van der Waals surface area contributed by atoms with Crippen LogP contribution in [0.2, 0.25) is 0 Å². The van der Waals surface area contributed by atoms with Crippen molar-refractivity contribution < 1.29 is 18.3 Å². The molecule has 0 saturated heterocycles. The van der Waals surface area contributed by atoms with E-state index >= 15 is 0 Å². The van der Waals surface area contributed by atoms with Gasteiger partial charge in [0.2, 0.25) is 0 Å². The molecule has 134 valence electrons. The van der Waals surface area contributed by atoms with E-state index in [0.717, 1.165) is 35.5 Å². The Hall–Kier alpha value is -2.74. The van der Waals surface area contributed by atoms with Gasteiger partial charge < -0.3 is 9.72 Å². The summed E-state index contributed by atoms with van der Waals surface area (Å²) in [7, 11) is 0. The first-order valence-electron chi connectivity index (χ1n) is 7.66. The maximum atomic E-state index is 13.5. The predicted octanol–water partition coefficient (Wildman–Crippen LogP) is 3.35. The highest BCUT2D eigenvalue weighted by atomic mass is 32.2. The highest BCUT2D eigenvalue weighted by molar-refractivity contribution is 8.00. The summed E-state index contributed by atoms with van der Waals surface area (Å²) < 4.78 is 31.7. The van der Waals surface area contributed by atoms with Crippen LogP contribution in [-0.2, 0) is 16.1 Å². The number of ether oxygens (including phenoxy) is 1. The van der Waals surface area contributed by atoms with Crippen molar-refractivity contribution in [2.75, 3.05) is 5.75 Å². The van der Waals surface area contributed by atoms with E-state index in [1.165, 1.54) is 0 Å². The van der Waals surface area contributed by atoms with Crippen molar-refractivity contribution in [3.63, 3.8) is 0 Å². The molecule has 0 spiro atoms. The molecule has 26 heavy (non-hydrogen) atoms. The van der Waals surface area contributed by atoms with E-state index in [0.29, 0.717) is 10.9 Å². The van der Waals surface area contributed by atoms with Gasteiger partial charge in [-0.05, 0) is 36.8 Å². The van der Waals surface area contributed by atoms with Crippen LogP contribution >= 0.6 is 11.8 Å². The standard InChI is InChI=1S/C18H14F2N2O3S/c1-10-3-2-4-12-17(10)21-15(22-18(12)24)8-25-16(23)9-26-14-7-11(19)5-6-13(14)20/h2-7H,8-9H2,1H3,(H,21,22,24). The molecule has 8 heteroatoms. The molecule has 0 bridgehead atoms. The van der Waals surface area contributed by atoms with Crippen LogP contribution in [0.5, 0.6) is 0 Å². The minimum Gasteiger partial charge on any atom is -0.457 e. The topological polar surface area (TPSA) is 72.1 Å². The first-order chi connectivity index (χ1) is 12.4. The summed E-state index contributed by atoms with van der Waals surface area (Å²) in [6.45, 7) is 1.61. The van der Waals surface area contributed by atoms with Crippen molar-refractivity contribution in [1.82, 2.24) is 9.97 Å². The van der Waals surface area contributed by atoms with Crippen LogP contribution in [-0.4, -0.2) is 21.7 Å². The molecule has 0 radical (unpaired) electrons. The van der Waals surface area contributed by atoms with Crippen molar-refractivity contribution in [2.24, 2.45) is 0 Å². The fourth-order valence-electron chi connectivity index (χ4n) is 2.34. The Labute approximate surface area is 151 Å². The van der Waals surface area contributed by atoms with E-state index in [1.807, 2.05) is 13.0 Å². The maximum absolute atomic E-state index is 13.5. The molecule has 0 aliphatic rings. The number of carbonyl (C=O) groups excluding carboxylic acids is 1. The van der Waals surface area contributed by atoms with E-state index in [2.05, 4.69) is 9.97 Å². The zero-order valence-corrected chi connectivity index (χ0v) is 14.5. The average molecular weight is 376 g/mol. The van der Waals surface area contributed by atoms with Crippen LogP contribution in [0.4, 0.5) is 8.78 Å². The molecule has 1 heterocycles. The number of carbonyl (C=O) groups is 1. The van der Waals surface area contributed by atoms with Crippen LogP contribution in [0.15, 0.2) is 46.1 Å². The van der Waals surface area contributed by atoms with Gasteiger partial charge in [-0.3, -0.25) is 9.59 Å². The fraction of sp³-hybridized carbons (Fsp3) is 0.167. The number of para-hydroxylation sites is 1. The Morgan fingerprint density at radius 2 is 2.08 bits per heavy atom. The Bertz CT molecular complexity index is 1040. The highest BCUT2D eigenvalue weighted by Crippen LogP contribution is 2.22. The van der Waals surface area contributed by atoms with Gasteiger partial charge in [0.15, 0.2) is 0 Å². The summed E-state index contributed by atoms with van der Waals surface area (Å²) in [6.07, 6.45) is 0. The molecule has 2 aromatic carbocycles. The summed E-state index contributed by atoms with van der Waals surface area (Å²) in [5, 5.41) is 0.456. The lowest BCUT2D eigenvalue weighted by molar-refractivity contribution is -0.141. The molecule has 1 N–H and O–H groups in total. The Balaban J connectivity index is 1.64. The molecule has 1 aromatic heterocycles. The second-order valence-corrected chi connectivity index (χ2v) is 6.52. The molecule has 5 nitrogen and oxygen atoms in total. The first-order valence-corrected chi connectivity index (χ1v) is 8.64. The van der Waals surface area contributed by atoms with E-state index in [-0.39, 0.29) is 28.6 Å². The number of halogens is 2. The third-order valence-electron chi connectivity index (χ3n) is 3.60. The van der Waals surface area contributed by atoms with Crippen molar-refractivity contribution in [1.29, 1.82) is 0 Å². The van der Waals surface area contributed by atoms with Gasteiger partial charge >= 0.3 is 5.97 Å². The van der Waals surface area contributed by atoms with Crippen LogP contribution in [0.3, 0.4) is 0 Å². The lowest BCUT2D eigenvalue weighted by atomic mass is 10.1. The molecule has 0 atom stereocenters. The number of hydrogen-bond donors (Lipinski definition) is 1. The summed E-state index contributed by atoms with van der Waals surface area (Å²) in [6, 6.07) is 8.26. The van der Waals surface area contributed by atoms with Crippen LogP contribution < -0.4 is 5.56 Å². The number of nitrogens with one attached hydrogen (secondary N) is 1. The van der Waals surface area contributed by atoms with E-state index in [4.69, 9.17) is 4.74 Å². The number of aryl methyl sites for hydroxylation is 1. The van der Waals surface area contributed by atoms with Crippen molar-refractivity contribution >= 4 is 28.6 Å². The van der Waals surface area contributed by atoms with E-state index in [9.17, 15) is 18.4 Å². The number of rotatable bonds is 5. The number of hydrogen-bond acceptors (Lipinski definition) is 5. The summed E-state index contributed by atoms with van der Waals surface area (Å²) in [5.41, 5.74) is 1.05. The lowest BCUT2D eigenvalue weighted by Gasteiger charge is -2.07. The van der Waals surface area contributed by atoms with Gasteiger partial charge in [0.25, 0.3) is 5.56 Å². The fourth-order valence-corrected chi connectivity index (χ4v) is 3.09. The van der Waals surface area contributed by atoms with Crippen LogP contribution in [0, 0.1) is 18.6 Å². The molecular weight excluding hydrogens is 362 g/mol. The normalized spacial score (nSPS) is 10.9. The van der Waals surface area contributed by atoms with Crippen molar-refractivity contribution in [3.8, 4) is 0 Å². The van der Waals surface area contributed by atoms with Gasteiger partial charge in [0.05, 0.1) is 16.7 Å². The lowest BCUT2D eigenvalue weighted by Crippen LogP contribution is -2.15. The summed E-state index contributed by atoms with van der Waals surface area (Å²) >= 11 is 0.831. The number of aromatic nitrogens is 2. The number of benzene rings is 2. The quantitative estimate of drug-likeness (QED) is 0.546. The zero-order chi connectivity index (χ0) is 18.7. The molecule has 3 aromatic rings. The second-order valence-electron chi connectivity index (χ2n) is 5.51. The Kier molecular flexibility index (Phi) is 5.32. The third kappa shape index (κ3) is 4.08. The Morgan fingerprint density at radius 1 is 1.27 bits per heavy atom. The van der Waals surface area contributed by atoms with Gasteiger partial charge in [0, 0.05) is 4.90 Å². The third-order valence-corrected chi connectivity index (χ3v) is 4.60. The number of fused-ring (bicyclic) bond motifs is 1. The SMILES string of the molecule is Cc1cccc2c(=O)[nH]c(COC(=O)CSc3cc(F)ccc3F)nc12. The molecule has 0 unspecified atom stereocenters. The van der Waals surface area contributed by atoms with Crippen molar-refractivity contribution in [3.05, 3.63) is 69.8 Å². The molecular formula is C18H14F2N2O3S. The van der Waals surface area contributed by atoms with E-state index < -0.39 is 17.6 Å². The second kappa shape index (κ2) is 7.65. The average Bonchev–Trinajstić information content (AvgIpc) is 2.61. The monoisotopic (exact) mass is 376 g/mol. The van der Waals surface area contributed by atoms with Crippen molar-refractivity contribution in [2.45, 2.75) is 18.4 Å². The number of esters is 1. The number of nitrogens with zero attached hydrogens (tertiary/aromatic N) is 1. The molecule has 0 amide bonds.